The molecule has 0 aliphatic heterocycles. The molecule has 0 aromatic carbocycles. The maximum absolute atomic E-state index is 11.0. The third-order valence-electron chi connectivity index (χ3n) is 1.31. The molecule has 0 radical (unpaired) electrons. The average molecular weight is 156 g/mol. The van der Waals surface area contributed by atoms with Crippen LogP contribution in [0.25, 0.3) is 0 Å². The second-order valence-corrected chi connectivity index (χ2v) is 2.30. The molecular weight excluding hydrogens is 144 g/mol. The van der Waals surface area contributed by atoms with Gasteiger partial charge in [-0.15, -0.1) is 0 Å². The van der Waals surface area contributed by atoms with Crippen molar-refractivity contribution in [1.82, 2.24) is 0 Å². The lowest BCUT2D eigenvalue weighted by Gasteiger charge is -2.03. The fourth-order valence-electron chi connectivity index (χ4n) is 0.744. The van der Waals surface area contributed by atoms with E-state index < -0.39 is 11.9 Å². The smallest absolute Gasteiger partial charge is 0.194 e. The first kappa shape index (κ1) is 10.0. The molecule has 62 valence electrons. The van der Waals surface area contributed by atoms with Crippen molar-refractivity contribution in [2.45, 2.75) is 26.9 Å². The zero-order chi connectivity index (χ0) is 9.02. The number of carbonyl (C=O) groups excluding carboxylic acids is 2. The van der Waals surface area contributed by atoms with Crippen molar-refractivity contribution < 1.29 is 14.7 Å². The molecule has 0 aliphatic carbocycles. The van der Waals surface area contributed by atoms with Gasteiger partial charge in [0, 0.05) is 0 Å². The SMILES string of the molecule is CC=C(C(C)=O)C(=O)C(C)O. The lowest BCUT2D eigenvalue weighted by molar-refractivity contribution is -0.125. The zero-order valence-electron chi connectivity index (χ0n) is 6.92. The quantitative estimate of drug-likeness (QED) is 0.367. The molecule has 1 N–H and O–H groups in total. The molecule has 0 aromatic rings. The number of carbonyl (C=O) groups is 2. The van der Waals surface area contributed by atoms with Gasteiger partial charge in [0.2, 0.25) is 0 Å². The van der Waals surface area contributed by atoms with E-state index in [0.29, 0.717) is 0 Å². The van der Waals surface area contributed by atoms with Crippen LogP contribution in [0.4, 0.5) is 0 Å². The highest BCUT2D eigenvalue weighted by Crippen LogP contribution is 2.01. The van der Waals surface area contributed by atoms with Crippen molar-refractivity contribution >= 4 is 11.6 Å². The van der Waals surface area contributed by atoms with Crippen molar-refractivity contribution in [2.24, 2.45) is 0 Å². The summed E-state index contributed by atoms with van der Waals surface area (Å²) >= 11 is 0. The fourth-order valence-corrected chi connectivity index (χ4v) is 0.744. The Kier molecular flexibility index (Phi) is 3.68. The first-order chi connectivity index (χ1) is 5.00. The summed E-state index contributed by atoms with van der Waals surface area (Å²) in [4.78, 5) is 21.7. The van der Waals surface area contributed by atoms with E-state index >= 15 is 0 Å². The molecule has 0 bridgehead atoms. The minimum absolute atomic E-state index is 0.0694. The van der Waals surface area contributed by atoms with Crippen LogP contribution in [0.2, 0.25) is 0 Å². The number of rotatable bonds is 3. The van der Waals surface area contributed by atoms with Gasteiger partial charge in [-0.05, 0) is 20.8 Å². The van der Waals surface area contributed by atoms with Gasteiger partial charge in [0.05, 0.1) is 5.57 Å². The minimum Gasteiger partial charge on any atom is -0.385 e. The summed E-state index contributed by atoms with van der Waals surface area (Å²) in [6.07, 6.45) is 0.322. The van der Waals surface area contributed by atoms with Crippen LogP contribution >= 0.6 is 0 Å². The Hall–Kier alpha value is -0.960. The van der Waals surface area contributed by atoms with Gasteiger partial charge >= 0.3 is 0 Å². The molecule has 1 atom stereocenters. The third kappa shape index (κ3) is 2.63. The van der Waals surface area contributed by atoms with Gasteiger partial charge in [0.1, 0.15) is 6.10 Å². The summed E-state index contributed by atoms with van der Waals surface area (Å²) in [7, 11) is 0. The van der Waals surface area contributed by atoms with Crippen molar-refractivity contribution in [2.75, 3.05) is 0 Å². The number of Topliss-reactive ketones (excluding diaryl/α,β-unsaturated/α-hetero) is 2. The standard InChI is InChI=1S/C8H12O3/c1-4-7(5(2)9)8(11)6(3)10/h4,6,10H,1-3H3. The maximum Gasteiger partial charge on any atom is 0.194 e. The molecule has 0 rings (SSSR count). The first-order valence-corrected chi connectivity index (χ1v) is 3.40. The Morgan fingerprint density at radius 1 is 1.45 bits per heavy atom. The number of aliphatic hydroxyl groups is 1. The van der Waals surface area contributed by atoms with Gasteiger partial charge in [-0.25, -0.2) is 0 Å². The molecule has 0 aliphatic rings. The normalized spacial score (nSPS) is 14.4. The first-order valence-electron chi connectivity index (χ1n) is 3.40. The van der Waals surface area contributed by atoms with Crippen LogP contribution in [-0.4, -0.2) is 22.8 Å². The molecule has 11 heavy (non-hydrogen) atoms. The van der Waals surface area contributed by atoms with Gasteiger partial charge in [-0.2, -0.15) is 0 Å². The minimum atomic E-state index is -1.09. The number of allylic oxidation sites excluding steroid dienone is 1. The van der Waals surface area contributed by atoms with E-state index in [1.807, 2.05) is 0 Å². The molecule has 0 spiro atoms. The van der Waals surface area contributed by atoms with E-state index in [1.165, 1.54) is 19.9 Å². The Morgan fingerprint density at radius 3 is 2.00 bits per heavy atom. The Bertz CT molecular complexity index is 201. The Labute approximate surface area is 65.7 Å². The van der Waals surface area contributed by atoms with Crippen LogP contribution in [0.15, 0.2) is 11.6 Å². The number of ketones is 2. The molecule has 0 saturated heterocycles. The van der Waals surface area contributed by atoms with Crippen LogP contribution in [0.5, 0.6) is 0 Å². The maximum atomic E-state index is 11.0. The van der Waals surface area contributed by atoms with Crippen LogP contribution in [-0.2, 0) is 9.59 Å². The van der Waals surface area contributed by atoms with E-state index in [0.717, 1.165) is 0 Å². The van der Waals surface area contributed by atoms with Gasteiger partial charge < -0.3 is 5.11 Å². The molecule has 0 fully saturated rings. The lowest BCUT2D eigenvalue weighted by atomic mass is 10.0. The number of hydrogen-bond donors (Lipinski definition) is 1. The molecule has 0 aromatic heterocycles. The number of hydrogen-bond acceptors (Lipinski definition) is 3. The second-order valence-electron chi connectivity index (χ2n) is 2.30. The molecule has 3 heteroatoms. The molecule has 1 unspecified atom stereocenters. The monoisotopic (exact) mass is 156 g/mol. The molecule has 0 heterocycles. The van der Waals surface area contributed by atoms with Crippen LogP contribution < -0.4 is 0 Å². The van der Waals surface area contributed by atoms with E-state index in [4.69, 9.17) is 5.11 Å². The predicted molar refractivity (Wildman–Crippen MR) is 41.1 cm³/mol. The third-order valence-corrected chi connectivity index (χ3v) is 1.31. The van der Waals surface area contributed by atoms with E-state index in [1.54, 1.807) is 6.92 Å². The highest BCUT2D eigenvalue weighted by molar-refractivity contribution is 6.20. The zero-order valence-corrected chi connectivity index (χ0v) is 6.92. The van der Waals surface area contributed by atoms with E-state index in [9.17, 15) is 9.59 Å². The van der Waals surface area contributed by atoms with Crippen LogP contribution in [0, 0.1) is 0 Å². The van der Waals surface area contributed by atoms with Crippen LogP contribution in [0.1, 0.15) is 20.8 Å². The highest BCUT2D eigenvalue weighted by atomic mass is 16.3. The van der Waals surface area contributed by atoms with Gasteiger partial charge in [0.25, 0.3) is 0 Å². The predicted octanol–water partition coefficient (Wildman–Crippen LogP) is 0.472. The summed E-state index contributed by atoms with van der Waals surface area (Å²) in [5, 5.41) is 8.83. The van der Waals surface area contributed by atoms with Crippen molar-refractivity contribution in [3.63, 3.8) is 0 Å². The van der Waals surface area contributed by atoms with Gasteiger partial charge in [0.15, 0.2) is 11.6 Å². The van der Waals surface area contributed by atoms with Crippen LogP contribution in [0.3, 0.4) is 0 Å². The highest BCUT2D eigenvalue weighted by Gasteiger charge is 2.17. The summed E-state index contributed by atoms with van der Waals surface area (Å²) < 4.78 is 0. The second kappa shape index (κ2) is 4.03. The largest absolute Gasteiger partial charge is 0.385 e. The van der Waals surface area contributed by atoms with Crippen molar-refractivity contribution in [1.29, 1.82) is 0 Å². The Morgan fingerprint density at radius 2 is 1.91 bits per heavy atom. The Balaban J connectivity index is 4.55. The summed E-state index contributed by atoms with van der Waals surface area (Å²) in [5.74, 6) is -0.821. The van der Waals surface area contributed by atoms with Gasteiger partial charge in [-0.3, -0.25) is 9.59 Å². The van der Waals surface area contributed by atoms with E-state index in [2.05, 4.69) is 0 Å². The van der Waals surface area contributed by atoms with E-state index in [-0.39, 0.29) is 11.4 Å². The van der Waals surface area contributed by atoms with Crippen molar-refractivity contribution in [3.8, 4) is 0 Å². The lowest BCUT2D eigenvalue weighted by Crippen LogP contribution is -2.21. The summed E-state index contributed by atoms with van der Waals surface area (Å²) in [5.41, 5.74) is 0.0694. The topological polar surface area (TPSA) is 54.4 Å². The fraction of sp³-hybridized carbons (Fsp3) is 0.500. The molecule has 0 amide bonds. The summed E-state index contributed by atoms with van der Waals surface area (Å²) in [6, 6.07) is 0. The number of aliphatic hydroxyl groups excluding tert-OH is 1. The summed E-state index contributed by atoms with van der Waals surface area (Å²) in [6.45, 7) is 4.24. The van der Waals surface area contributed by atoms with Crippen molar-refractivity contribution in [3.05, 3.63) is 11.6 Å². The molecule has 0 saturated carbocycles. The molecule has 3 nitrogen and oxygen atoms in total. The van der Waals surface area contributed by atoms with Gasteiger partial charge in [-0.1, -0.05) is 6.08 Å². The average Bonchev–Trinajstić information content (AvgIpc) is 1.88. The molecular formula is C8H12O3.